The molecule has 208 valence electrons. The molecule has 1 aromatic carbocycles. The molecule has 1 saturated heterocycles. The number of rotatable bonds is 7. The van der Waals surface area contributed by atoms with Crippen LogP contribution < -0.4 is 10.2 Å². The summed E-state index contributed by atoms with van der Waals surface area (Å²) in [6, 6.07) is 7.12. The van der Waals surface area contributed by atoms with E-state index in [4.69, 9.17) is 9.15 Å². The van der Waals surface area contributed by atoms with Crippen LogP contribution in [0.4, 0.5) is 12.0 Å². The smallest absolute Gasteiger partial charge is 0.318 e. The third-order valence-electron chi connectivity index (χ3n) is 7.12. The van der Waals surface area contributed by atoms with Crippen LogP contribution >= 0.6 is 15.9 Å². The van der Waals surface area contributed by atoms with Gasteiger partial charge in [-0.1, -0.05) is 32.3 Å². The van der Waals surface area contributed by atoms with E-state index in [0.717, 1.165) is 36.0 Å². The van der Waals surface area contributed by atoms with Gasteiger partial charge in [0.25, 0.3) is 5.89 Å². The highest BCUT2D eigenvalue weighted by Crippen LogP contribution is 2.31. The minimum absolute atomic E-state index is 0.0369. The van der Waals surface area contributed by atoms with Gasteiger partial charge >= 0.3 is 12.0 Å². The summed E-state index contributed by atoms with van der Waals surface area (Å²) in [5.74, 6) is 0.811. The lowest BCUT2D eigenvalue weighted by molar-refractivity contribution is -0.157. The molecule has 2 unspecified atom stereocenters. The molecule has 2 aliphatic rings. The van der Waals surface area contributed by atoms with Gasteiger partial charge in [-0.05, 0) is 63.3 Å². The van der Waals surface area contributed by atoms with Crippen LogP contribution in [-0.2, 0) is 29.1 Å². The Kier molecular flexibility index (Phi) is 6.99. The molecule has 1 fully saturated rings. The number of esters is 1. The van der Waals surface area contributed by atoms with Crippen molar-refractivity contribution < 1.29 is 13.9 Å². The number of hydrogen-bond donors (Lipinski definition) is 1. The minimum Gasteiger partial charge on any atom is -0.442 e. The van der Waals surface area contributed by atoms with Crippen LogP contribution in [0, 0.1) is 5.41 Å². The second-order valence-corrected chi connectivity index (χ2v) is 12.2. The first kappa shape index (κ1) is 26.4. The van der Waals surface area contributed by atoms with E-state index in [9.17, 15) is 4.79 Å². The van der Waals surface area contributed by atoms with Gasteiger partial charge in [-0.15, -0.1) is 10.2 Å². The lowest BCUT2D eigenvalue weighted by atomic mass is 9.98. The highest BCUT2D eigenvalue weighted by molar-refractivity contribution is 9.10. The fourth-order valence-corrected chi connectivity index (χ4v) is 5.33. The fraction of sp³-hybridized carbons (Fsp3) is 0.444. The van der Waals surface area contributed by atoms with Crippen molar-refractivity contribution in [2.75, 3.05) is 23.3 Å². The summed E-state index contributed by atoms with van der Waals surface area (Å²) in [6.07, 6.45) is 7.96. The Hall–Kier alpha value is -3.87. The number of ether oxygens (including phenoxy) is 1. The monoisotopic (exact) mass is 607 g/mol. The Labute approximate surface area is 239 Å². The molecule has 13 heteroatoms. The first-order valence-electron chi connectivity index (χ1n) is 13.2. The van der Waals surface area contributed by atoms with Crippen LogP contribution in [0.15, 0.2) is 45.7 Å². The zero-order valence-corrected chi connectivity index (χ0v) is 24.1. The number of fused-ring (bicyclic) bond motifs is 1. The van der Waals surface area contributed by atoms with Gasteiger partial charge in [-0.25, -0.2) is 14.6 Å². The van der Waals surface area contributed by atoms with Gasteiger partial charge in [-0.2, -0.15) is 0 Å². The summed E-state index contributed by atoms with van der Waals surface area (Å²) in [7, 11) is 0. The first-order valence-corrected chi connectivity index (χ1v) is 14.0. The number of nitrogens with zero attached hydrogens (tertiary/aromatic N) is 8. The van der Waals surface area contributed by atoms with Crippen LogP contribution in [-0.4, -0.2) is 60.3 Å². The predicted molar refractivity (Wildman–Crippen MR) is 149 cm³/mol. The maximum atomic E-state index is 12.0. The topological polar surface area (TPSA) is 137 Å². The zero-order valence-electron chi connectivity index (χ0n) is 22.5. The van der Waals surface area contributed by atoms with E-state index in [1.54, 1.807) is 12.4 Å². The lowest BCUT2D eigenvalue weighted by Gasteiger charge is -2.16. The second kappa shape index (κ2) is 10.6. The molecule has 0 amide bonds. The van der Waals surface area contributed by atoms with E-state index < -0.39 is 5.41 Å². The van der Waals surface area contributed by atoms with Crippen molar-refractivity contribution in [2.24, 2.45) is 5.41 Å². The van der Waals surface area contributed by atoms with E-state index in [2.05, 4.69) is 69.9 Å². The van der Waals surface area contributed by atoms with Crippen LogP contribution in [0.2, 0.25) is 0 Å². The highest BCUT2D eigenvalue weighted by Gasteiger charge is 2.30. The number of anilines is 2. The molecular weight excluding hydrogens is 578 g/mol. The van der Waals surface area contributed by atoms with E-state index in [0.29, 0.717) is 30.0 Å². The predicted octanol–water partition coefficient (Wildman–Crippen LogP) is 4.00. The van der Waals surface area contributed by atoms with Crippen LogP contribution in [0.1, 0.15) is 49.9 Å². The van der Waals surface area contributed by atoms with E-state index in [-0.39, 0.29) is 24.7 Å². The van der Waals surface area contributed by atoms with Gasteiger partial charge in [0.05, 0.1) is 22.9 Å². The first-order chi connectivity index (χ1) is 19.2. The maximum absolute atomic E-state index is 12.0. The third kappa shape index (κ3) is 5.69. The summed E-state index contributed by atoms with van der Waals surface area (Å²) < 4.78 is 13.9. The van der Waals surface area contributed by atoms with Gasteiger partial charge in [0.15, 0.2) is 6.73 Å². The highest BCUT2D eigenvalue weighted by atomic mass is 79.9. The Morgan fingerprint density at radius 3 is 2.75 bits per heavy atom. The quantitative estimate of drug-likeness (QED) is 0.305. The van der Waals surface area contributed by atoms with Gasteiger partial charge < -0.3 is 19.4 Å². The lowest BCUT2D eigenvalue weighted by Crippen LogP contribution is -2.24. The van der Waals surface area contributed by atoms with Crippen molar-refractivity contribution in [3.05, 3.63) is 58.1 Å². The van der Waals surface area contributed by atoms with Crippen molar-refractivity contribution in [1.82, 2.24) is 35.2 Å². The number of hydrogen-bond acceptors (Lipinski definition) is 11. The molecule has 0 spiro atoms. The number of carbonyl (C=O) groups is 1. The number of halogens is 1. The Morgan fingerprint density at radius 2 is 1.95 bits per heavy atom. The maximum Gasteiger partial charge on any atom is 0.318 e. The SMILES string of the molecule is CC(C)(C)C(=O)OCn1cc(C2CCN(c3nnc(-c4cnc(NC5Cc6ccc(Br)cc6C5)nc4)o3)C2)nn1. The Morgan fingerprint density at radius 1 is 1.15 bits per heavy atom. The second-order valence-electron chi connectivity index (χ2n) is 11.3. The summed E-state index contributed by atoms with van der Waals surface area (Å²) in [5.41, 5.74) is 3.63. The van der Waals surface area contributed by atoms with Gasteiger partial charge in [0.2, 0.25) is 5.95 Å². The molecule has 0 radical (unpaired) electrons. The molecule has 40 heavy (non-hydrogen) atoms. The Bertz CT molecular complexity index is 1510. The van der Waals surface area contributed by atoms with Crippen molar-refractivity contribution in [1.29, 1.82) is 0 Å². The third-order valence-corrected chi connectivity index (χ3v) is 7.61. The van der Waals surface area contributed by atoms with Crippen molar-refractivity contribution in [2.45, 2.75) is 58.7 Å². The molecule has 0 bridgehead atoms. The van der Waals surface area contributed by atoms with Crippen molar-refractivity contribution in [3.63, 3.8) is 0 Å². The normalized spacial score (nSPS) is 18.6. The molecule has 6 rings (SSSR count). The average molecular weight is 609 g/mol. The molecule has 1 aliphatic carbocycles. The van der Waals surface area contributed by atoms with Crippen molar-refractivity contribution >= 4 is 33.9 Å². The molecule has 2 atom stereocenters. The van der Waals surface area contributed by atoms with E-state index in [1.165, 1.54) is 15.8 Å². The molecule has 0 saturated carbocycles. The fourth-order valence-electron chi connectivity index (χ4n) is 4.92. The Balaban J connectivity index is 1.03. The van der Waals surface area contributed by atoms with Gasteiger partial charge in [-0.3, -0.25) is 4.79 Å². The largest absolute Gasteiger partial charge is 0.442 e. The van der Waals surface area contributed by atoms with Gasteiger partial charge in [0, 0.05) is 41.9 Å². The molecule has 3 aromatic heterocycles. The molecule has 1 aliphatic heterocycles. The van der Waals surface area contributed by atoms with Gasteiger partial charge in [0.1, 0.15) is 0 Å². The summed E-state index contributed by atoms with van der Waals surface area (Å²) in [6.45, 7) is 6.89. The number of nitrogens with one attached hydrogen (secondary N) is 1. The number of benzene rings is 1. The molecule has 4 aromatic rings. The number of carbonyl (C=O) groups excluding carboxylic acids is 1. The minimum atomic E-state index is -0.565. The summed E-state index contributed by atoms with van der Waals surface area (Å²) in [4.78, 5) is 23.0. The molecule has 4 heterocycles. The molecule has 12 nitrogen and oxygen atoms in total. The number of aromatic nitrogens is 7. The standard InChI is InChI=1S/C27H30BrN9O3/c1-27(2,3)24(38)39-15-37-14-22(32-35-37)17-6-7-36(13-17)26-34-33-23(40-26)19-11-29-25(30-12-19)31-21-9-16-4-5-20(28)8-18(16)10-21/h4-5,8,11-12,14,17,21H,6-7,9-10,13,15H2,1-3H3,(H,29,30,31). The zero-order chi connectivity index (χ0) is 27.9. The van der Waals surface area contributed by atoms with Crippen LogP contribution in [0.25, 0.3) is 11.5 Å². The van der Waals surface area contributed by atoms with E-state index in [1.807, 2.05) is 31.9 Å². The van der Waals surface area contributed by atoms with Crippen molar-refractivity contribution in [3.8, 4) is 11.5 Å². The van der Waals surface area contributed by atoms with Crippen LogP contribution in [0.5, 0.6) is 0 Å². The molecular formula is C27H30BrN9O3. The average Bonchev–Trinajstić information content (AvgIpc) is 3.72. The summed E-state index contributed by atoms with van der Waals surface area (Å²) in [5, 5.41) is 20.3. The van der Waals surface area contributed by atoms with Crippen LogP contribution in [0.3, 0.4) is 0 Å². The molecule has 1 N–H and O–H groups in total. The summed E-state index contributed by atoms with van der Waals surface area (Å²) >= 11 is 3.55. The van der Waals surface area contributed by atoms with E-state index >= 15 is 0 Å².